The van der Waals surface area contributed by atoms with Gasteiger partial charge in [0.2, 0.25) is 0 Å². The topological polar surface area (TPSA) is 0 Å². The number of allylic oxidation sites excluding steroid dienone is 8. The van der Waals surface area contributed by atoms with Crippen molar-refractivity contribution in [3.63, 3.8) is 0 Å². The highest BCUT2D eigenvalue weighted by molar-refractivity contribution is 5.48. The van der Waals surface area contributed by atoms with E-state index in [0.29, 0.717) is 0 Å². The van der Waals surface area contributed by atoms with Gasteiger partial charge in [-0.2, -0.15) is 0 Å². The molecule has 0 amide bonds. The summed E-state index contributed by atoms with van der Waals surface area (Å²) in [5.74, 6) is 3.82. The fourth-order valence-electron chi connectivity index (χ4n) is 6.03. The summed E-state index contributed by atoms with van der Waals surface area (Å²) < 4.78 is 0. The number of hydrogen-bond donors (Lipinski definition) is 0. The molecule has 234 valence electrons. The van der Waals surface area contributed by atoms with Gasteiger partial charge in [-0.05, 0) is 95.6 Å². The second kappa shape index (κ2) is 20.0. The van der Waals surface area contributed by atoms with E-state index in [1.165, 1.54) is 46.2 Å². The molecule has 0 radical (unpaired) electrons. The Morgan fingerprint density at radius 1 is 0.533 bits per heavy atom. The lowest BCUT2D eigenvalue weighted by atomic mass is 9.86. The average molecular weight is 595 g/mol. The van der Waals surface area contributed by atoms with Crippen molar-refractivity contribution in [2.45, 2.75) is 59.3 Å². The van der Waals surface area contributed by atoms with Crippen LogP contribution < -0.4 is 0 Å². The van der Waals surface area contributed by atoms with E-state index >= 15 is 0 Å². The molecule has 4 unspecified atom stereocenters. The van der Waals surface area contributed by atoms with E-state index in [1.807, 2.05) is 18.2 Å². The van der Waals surface area contributed by atoms with Gasteiger partial charge >= 0.3 is 0 Å². The summed E-state index contributed by atoms with van der Waals surface area (Å²) in [4.78, 5) is 0. The maximum absolute atomic E-state index is 3.69. The third-order valence-corrected chi connectivity index (χ3v) is 8.98. The molecule has 1 saturated carbocycles. The van der Waals surface area contributed by atoms with Crippen LogP contribution in [0.3, 0.4) is 0 Å². The SMILES string of the molecule is C1=CC2C3C=CC(C3)C2C1.C1=CCC=C1.C=Cc1ccc(CC)cc1.C=Cc1ccc(CC)cc1.C=Cc1ccc(CC)cc1. The highest BCUT2D eigenvalue weighted by Crippen LogP contribution is 2.52. The van der Waals surface area contributed by atoms with E-state index in [-0.39, 0.29) is 0 Å². The standard InChI is InChI=1S/4C10H12.C5H6/c1-2-9-7-4-5-8(6-7)10(9)3-1;3*1-3-9-5-7-10(4-2)8-6-9;1-2-4-5-3-1/h1-2,4-5,7-10H,3,6H2;3*3,5-8H,1,4H2,2H3;1-4H,5H2. The van der Waals surface area contributed by atoms with Crippen LogP contribution >= 0.6 is 0 Å². The van der Waals surface area contributed by atoms with Crippen LogP contribution in [0, 0.1) is 23.7 Å². The van der Waals surface area contributed by atoms with Crippen LogP contribution in [-0.2, 0) is 19.3 Å². The van der Waals surface area contributed by atoms with Crippen molar-refractivity contribution in [3.05, 3.63) is 175 Å². The lowest BCUT2D eigenvalue weighted by Crippen LogP contribution is -2.12. The first-order valence-corrected chi connectivity index (χ1v) is 16.9. The van der Waals surface area contributed by atoms with Gasteiger partial charge in [0.15, 0.2) is 0 Å². The van der Waals surface area contributed by atoms with Crippen LogP contribution in [0.2, 0.25) is 0 Å². The van der Waals surface area contributed by atoms with Crippen LogP contribution in [0.4, 0.5) is 0 Å². The van der Waals surface area contributed by atoms with E-state index in [9.17, 15) is 0 Å². The molecule has 0 nitrogen and oxygen atoms in total. The van der Waals surface area contributed by atoms with Crippen molar-refractivity contribution in [1.29, 1.82) is 0 Å². The Balaban J connectivity index is 0.000000156. The third-order valence-electron chi connectivity index (χ3n) is 8.98. The minimum atomic E-state index is 0.925. The number of benzene rings is 3. The molecule has 0 N–H and O–H groups in total. The molecule has 0 spiro atoms. The Hall–Kier alpha value is -4.16. The van der Waals surface area contributed by atoms with E-state index in [2.05, 4.69) is 162 Å². The van der Waals surface area contributed by atoms with Gasteiger partial charge in [-0.15, -0.1) is 0 Å². The zero-order valence-electron chi connectivity index (χ0n) is 28.0. The molecule has 45 heavy (non-hydrogen) atoms. The first kappa shape index (κ1) is 35.3. The molecule has 0 heteroatoms. The third kappa shape index (κ3) is 11.7. The first-order chi connectivity index (χ1) is 22.0. The van der Waals surface area contributed by atoms with E-state index in [1.54, 1.807) is 0 Å². The summed E-state index contributed by atoms with van der Waals surface area (Å²) in [6, 6.07) is 25.4. The minimum absolute atomic E-state index is 0.925. The zero-order valence-corrected chi connectivity index (χ0v) is 28.0. The fraction of sp³-hybridized carbons (Fsp3) is 0.289. The Labute approximate surface area is 275 Å². The van der Waals surface area contributed by atoms with Crippen LogP contribution in [0.15, 0.2) is 141 Å². The molecule has 0 heterocycles. The highest BCUT2D eigenvalue weighted by atomic mass is 14.5. The van der Waals surface area contributed by atoms with Gasteiger partial charge in [0.1, 0.15) is 0 Å². The molecule has 3 aromatic rings. The Morgan fingerprint density at radius 3 is 1.24 bits per heavy atom. The van der Waals surface area contributed by atoms with Crippen molar-refractivity contribution in [1.82, 2.24) is 0 Å². The maximum Gasteiger partial charge on any atom is -0.0133 e. The van der Waals surface area contributed by atoms with Gasteiger partial charge in [0.05, 0.1) is 0 Å². The van der Waals surface area contributed by atoms with Crippen LogP contribution in [-0.4, -0.2) is 0 Å². The lowest BCUT2D eigenvalue weighted by Gasteiger charge is -2.18. The second-order valence-corrected chi connectivity index (χ2v) is 11.8. The number of aryl methyl sites for hydroxylation is 3. The normalized spacial score (nSPS) is 20.2. The summed E-state index contributed by atoms with van der Waals surface area (Å²) in [5.41, 5.74) is 7.72. The average Bonchev–Trinajstić information content (AvgIpc) is 3.96. The van der Waals surface area contributed by atoms with E-state index in [4.69, 9.17) is 0 Å². The smallest absolute Gasteiger partial charge is 0.0133 e. The molecule has 4 aliphatic carbocycles. The highest BCUT2D eigenvalue weighted by Gasteiger charge is 2.44. The van der Waals surface area contributed by atoms with Crippen molar-refractivity contribution in [2.75, 3.05) is 0 Å². The van der Waals surface area contributed by atoms with Gasteiger partial charge in [0, 0.05) is 0 Å². The number of rotatable bonds is 6. The van der Waals surface area contributed by atoms with Gasteiger partial charge in [0.25, 0.3) is 0 Å². The minimum Gasteiger partial charge on any atom is -0.0985 e. The molecule has 3 aromatic carbocycles. The van der Waals surface area contributed by atoms with E-state index in [0.717, 1.165) is 49.4 Å². The fourth-order valence-corrected chi connectivity index (χ4v) is 6.03. The molecular formula is C45H54. The molecule has 2 bridgehead atoms. The van der Waals surface area contributed by atoms with Crippen molar-refractivity contribution in [3.8, 4) is 0 Å². The summed E-state index contributed by atoms with van der Waals surface area (Å²) in [6.07, 6.45) is 30.9. The summed E-state index contributed by atoms with van der Waals surface area (Å²) in [6.45, 7) is 17.5. The quantitative estimate of drug-likeness (QED) is 0.249. The number of hydrogen-bond acceptors (Lipinski definition) is 0. The Morgan fingerprint density at radius 2 is 0.933 bits per heavy atom. The zero-order chi connectivity index (χ0) is 32.3. The molecule has 0 saturated heterocycles. The van der Waals surface area contributed by atoms with Gasteiger partial charge < -0.3 is 0 Å². The first-order valence-electron chi connectivity index (χ1n) is 16.9. The van der Waals surface area contributed by atoms with Crippen LogP contribution in [0.5, 0.6) is 0 Å². The predicted molar refractivity (Wildman–Crippen MR) is 202 cm³/mol. The van der Waals surface area contributed by atoms with Crippen molar-refractivity contribution < 1.29 is 0 Å². The summed E-state index contributed by atoms with van der Waals surface area (Å²) in [7, 11) is 0. The van der Waals surface area contributed by atoms with Crippen molar-refractivity contribution >= 4 is 18.2 Å². The maximum atomic E-state index is 3.69. The largest absolute Gasteiger partial charge is 0.0985 e. The Kier molecular flexibility index (Phi) is 15.7. The molecule has 4 aliphatic rings. The molecule has 7 rings (SSSR count). The van der Waals surface area contributed by atoms with E-state index < -0.39 is 0 Å². The van der Waals surface area contributed by atoms with Crippen LogP contribution in [0.1, 0.15) is 73.4 Å². The molecular weight excluding hydrogens is 540 g/mol. The summed E-state index contributed by atoms with van der Waals surface area (Å²) >= 11 is 0. The van der Waals surface area contributed by atoms with Gasteiger partial charge in [-0.3, -0.25) is 0 Å². The van der Waals surface area contributed by atoms with Crippen molar-refractivity contribution in [2.24, 2.45) is 23.7 Å². The monoisotopic (exact) mass is 594 g/mol. The van der Waals surface area contributed by atoms with Crippen LogP contribution in [0.25, 0.3) is 18.2 Å². The molecule has 0 aliphatic heterocycles. The molecule has 1 fully saturated rings. The predicted octanol–water partition coefficient (Wildman–Crippen LogP) is 12.6. The molecule has 0 aromatic heterocycles. The second-order valence-electron chi connectivity index (χ2n) is 11.8. The van der Waals surface area contributed by atoms with Gasteiger partial charge in [-0.25, -0.2) is 0 Å². The summed E-state index contributed by atoms with van der Waals surface area (Å²) in [5, 5.41) is 0. The Bertz CT molecular complexity index is 1270. The molecule has 4 atom stereocenters. The lowest BCUT2D eigenvalue weighted by molar-refractivity contribution is 0.398. The van der Waals surface area contributed by atoms with Gasteiger partial charge in [-0.1, -0.05) is 180 Å². The number of fused-ring (bicyclic) bond motifs is 5.